The molecule has 3 N–H and O–H groups in total. The first-order chi connectivity index (χ1) is 3.50. The molecule has 0 aliphatic carbocycles. The summed E-state index contributed by atoms with van der Waals surface area (Å²) in [6.45, 7) is 7.12. The summed E-state index contributed by atoms with van der Waals surface area (Å²) in [6, 6.07) is 0. The van der Waals surface area contributed by atoms with Gasteiger partial charge < -0.3 is 10.8 Å². The van der Waals surface area contributed by atoms with E-state index in [1.54, 1.807) is 13.8 Å². The Labute approximate surface area is 50.0 Å². The van der Waals surface area contributed by atoms with E-state index < -0.39 is 5.54 Å². The zero-order valence-corrected chi connectivity index (χ0v) is 5.44. The molecule has 0 heterocycles. The van der Waals surface area contributed by atoms with Gasteiger partial charge in [-0.25, -0.2) is 0 Å². The highest BCUT2D eigenvalue weighted by Gasteiger charge is 2.16. The predicted molar refractivity (Wildman–Crippen MR) is 34.5 cm³/mol. The van der Waals surface area contributed by atoms with Crippen LogP contribution in [0.1, 0.15) is 13.8 Å². The normalized spacial score (nSPS) is 17.5. The van der Waals surface area contributed by atoms with Gasteiger partial charge in [0.2, 0.25) is 0 Å². The van der Waals surface area contributed by atoms with Crippen molar-refractivity contribution in [3.05, 3.63) is 12.2 Å². The highest BCUT2D eigenvalue weighted by Crippen LogP contribution is 2.07. The Morgan fingerprint density at radius 3 is 2.25 bits per heavy atom. The molecule has 0 bridgehead atoms. The highest BCUT2D eigenvalue weighted by atomic mass is 16.3. The standard InChI is InChI=1S/C6H13NO/c1-5(2)6(3,7)4-8/h8H,1,4,7H2,2-3H3. The Balaban J connectivity index is 3.91. The molecule has 8 heavy (non-hydrogen) atoms. The van der Waals surface area contributed by atoms with Crippen molar-refractivity contribution in [3.63, 3.8) is 0 Å². The molecule has 1 unspecified atom stereocenters. The van der Waals surface area contributed by atoms with Gasteiger partial charge in [-0.2, -0.15) is 0 Å². The Morgan fingerprint density at radius 1 is 1.88 bits per heavy atom. The average molecular weight is 115 g/mol. The fourth-order valence-corrected chi connectivity index (χ4v) is 0.135. The second kappa shape index (κ2) is 2.29. The fraction of sp³-hybridized carbons (Fsp3) is 0.667. The summed E-state index contributed by atoms with van der Waals surface area (Å²) >= 11 is 0. The summed E-state index contributed by atoms with van der Waals surface area (Å²) in [5.74, 6) is 0. The van der Waals surface area contributed by atoms with E-state index in [-0.39, 0.29) is 6.61 Å². The number of hydrogen-bond acceptors (Lipinski definition) is 2. The summed E-state index contributed by atoms with van der Waals surface area (Å²) in [7, 11) is 0. The first-order valence-electron chi connectivity index (χ1n) is 2.56. The van der Waals surface area contributed by atoms with E-state index in [4.69, 9.17) is 10.8 Å². The third kappa shape index (κ3) is 1.64. The van der Waals surface area contributed by atoms with Gasteiger partial charge in [0.25, 0.3) is 0 Å². The second-order valence-corrected chi connectivity index (χ2v) is 2.36. The summed E-state index contributed by atoms with van der Waals surface area (Å²) in [5, 5.41) is 8.58. The highest BCUT2D eigenvalue weighted by molar-refractivity contribution is 5.09. The third-order valence-electron chi connectivity index (χ3n) is 1.30. The zero-order valence-electron chi connectivity index (χ0n) is 5.44. The van der Waals surface area contributed by atoms with Crippen LogP contribution in [-0.2, 0) is 0 Å². The molecule has 0 spiro atoms. The van der Waals surface area contributed by atoms with Crippen molar-refractivity contribution in [2.24, 2.45) is 5.73 Å². The summed E-state index contributed by atoms with van der Waals surface area (Å²) < 4.78 is 0. The first-order valence-corrected chi connectivity index (χ1v) is 2.56. The fourth-order valence-electron chi connectivity index (χ4n) is 0.135. The lowest BCUT2D eigenvalue weighted by Crippen LogP contribution is -2.40. The second-order valence-electron chi connectivity index (χ2n) is 2.36. The van der Waals surface area contributed by atoms with Crippen molar-refractivity contribution in [1.82, 2.24) is 0 Å². The smallest absolute Gasteiger partial charge is 0.0646 e. The van der Waals surface area contributed by atoms with Gasteiger partial charge in [0.15, 0.2) is 0 Å². The van der Waals surface area contributed by atoms with Gasteiger partial charge in [0.05, 0.1) is 12.1 Å². The molecule has 2 heteroatoms. The van der Waals surface area contributed by atoms with Gasteiger partial charge in [0, 0.05) is 0 Å². The largest absolute Gasteiger partial charge is 0.394 e. The van der Waals surface area contributed by atoms with Gasteiger partial charge in [-0.1, -0.05) is 12.2 Å². The van der Waals surface area contributed by atoms with Crippen LogP contribution in [0.4, 0.5) is 0 Å². The molecule has 0 aromatic rings. The SMILES string of the molecule is C=C(C)C(C)(N)CO. The topological polar surface area (TPSA) is 46.2 Å². The molecule has 0 fully saturated rings. The average Bonchev–Trinajstić information content (AvgIpc) is 1.67. The van der Waals surface area contributed by atoms with Crippen LogP contribution in [-0.4, -0.2) is 17.3 Å². The molecule has 0 amide bonds. The molecular weight excluding hydrogens is 102 g/mol. The number of aliphatic hydroxyl groups excluding tert-OH is 1. The lowest BCUT2D eigenvalue weighted by molar-refractivity contribution is 0.231. The maximum atomic E-state index is 8.58. The minimum absolute atomic E-state index is 0.0394. The number of rotatable bonds is 2. The van der Waals surface area contributed by atoms with Crippen LogP contribution in [0.15, 0.2) is 12.2 Å². The van der Waals surface area contributed by atoms with Gasteiger partial charge in [-0.15, -0.1) is 0 Å². The van der Waals surface area contributed by atoms with E-state index in [0.29, 0.717) is 0 Å². The molecule has 0 saturated carbocycles. The monoisotopic (exact) mass is 115 g/mol. The molecule has 0 rings (SSSR count). The minimum Gasteiger partial charge on any atom is -0.394 e. The van der Waals surface area contributed by atoms with Crippen molar-refractivity contribution in [2.45, 2.75) is 19.4 Å². The van der Waals surface area contributed by atoms with E-state index in [1.807, 2.05) is 0 Å². The zero-order chi connectivity index (χ0) is 6.78. The molecule has 0 aromatic carbocycles. The molecule has 0 aliphatic heterocycles. The van der Waals surface area contributed by atoms with Crippen LogP contribution < -0.4 is 5.73 Å². The molecule has 1 atom stereocenters. The summed E-state index contributed by atoms with van der Waals surface area (Å²) in [6.07, 6.45) is 0. The molecule has 0 aromatic heterocycles. The van der Waals surface area contributed by atoms with Crippen LogP contribution >= 0.6 is 0 Å². The van der Waals surface area contributed by atoms with Crippen molar-refractivity contribution in [1.29, 1.82) is 0 Å². The Kier molecular flexibility index (Phi) is 2.19. The van der Waals surface area contributed by atoms with Crippen LogP contribution in [0.25, 0.3) is 0 Å². The Bertz CT molecular complexity index is 96.7. The van der Waals surface area contributed by atoms with Crippen LogP contribution in [0.2, 0.25) is 0 Å². The van der Waals surface area contributed by atoms with E-state index in [1.165, 1.54) is 0 Å². The third-order valence-corrected chi connectivity index (χ3v) is 1.30. The molecule has 0 radical (unpaired) electrons. The molecule has 0 aliphatic rings. The quantitative estimate of drug-likeness (QED) is 0.507. The summed E-state index contributed by atoms with van der Waals surface area (Å²) in [4.78, 5) is 0. The lowest BCUT2D eigenvalue weighted by atomic mass is 9.97. The van der Waals surface area contributed by atoms with E-state index >= 15 is 0 Å². The van der Waals surface area contributed by atoms with E-state index in [9.17, 15) is 0 Å². The van der Waals surface area contributed by atoms with Gasteiger partial charge in [-0.05, 0) is 13.8 Å². The minimum atomic E-state index is -0.597. The van der Waals surface area contributed by atoms with Crippen molar-refractivity contribution in [3.8, 4) is 0 Å². The molecule has 0 saturated heterocycles. The van der Waals surface area contributed by atoms with Gasteiger partial charge in [0.1, 0.15) is 0 Å². The van der Waals surface area contributed by atoms with Crippen LogP contribution in [0.3, 0.4) is 0 Å². The van der Waals surface area contributed by atoms with Crippen LogP contribution in [0.5, 0.6) is 0 Å². The maximum Gasteiger partial charge on any atom is 0.0646 e. The molecule has 48 valence electrons. The van der Waals surface area contributed by atoms with E-state index in [0.717, 1.165) is 5.57 Å². The molecular formula is C6H13NO. The molecule has 2 nitrogen and oxygen atoms in total. The predicted octanol–water partition coefficient (Wildman–Crippen LogP) is 0.272. The number of hydrogen-bond donors (Lipinski definition) is 2. The van der Waals surface area contributed by atoms with E-state index in [2.05, 4.69) is 6.58 Å². The Morgan fingerprint density at radius 2 is 2.25 bits per heavy atom. The first kappa shape index (κ1) is 7.66. The maximum absolute atomic E-state index is 8.58. The number of nitrogens with two attached hydrogens (primary N) is 1. The van der Waals surface area contributed by atoms with Crippen molar-refractivity contribution >= 4 is 0 Å². The number of aliphatic hydroxyl groups is 1. The van der Waals surface area contributed by atoms with Crippen LogP contribution in [0, 0.1) is 0 Å². The van der Waals surface area contributed by atoms with Gasteiger partial charge >= 0.3 is 0 Å². The summed E-state index contributed by atoms with van der Waals surface area (Å²) in [5.41, 5.74) is 5.72. The van der Waals surface area contributed by atoms with Crippen molar-refractivity contribution < 1.29 is 5.11 Å². The van der Waals surface area contributed by atoms with Crippen molar-refractivity contribution in [2.75, 3.05) is 6.61 Å². The lowest BCUT2D eigenvalue weighted by Gasteiger charge is -2.21. The van der Waals surface area contributed by atoms with Gasteiger partial charge in [-0.3, -0.25) is 0 Å². The Hall–Kier alpha value is -0.340.